The smallest absolute Gasteiger partial charge is 0.407 e. The van der Waals surface area contributed by atoms with Gasteiger partial charge in [-0.3, -0.25) is 0 Å². The Morgan fingerprint density at radius 2 is 2.15 bits per heavy atom. The van der Waals surface area contributed by atoms with Crippen molar-refractivity contribution in [3.63, 3.8) is 0 Å². The van der Waals surface area contributed by atoms with Gasteiger partial charge in [0.1, 0.15) is 11.4 Å². The van der Waals surface area contributed by atoms with Gasteiger partial charge in [-0.2, -0.15) is 9.61 Å². The summed E-state index contributed by atoms with van der Waals surface area (Å²) in [6.07, 6.45) is 2.36. The minimum absolute atomic E-state index is 0.0600. The number of carboxylic acid groups (broad SMARTS) is 1. The van der Waals surface area contributed by atoms with E-state index in [0.717, 1.165) is 18.4 Å². The molecule has 3 N–H and O–H groups in total. The number of benzene rings is 1. The van der Waals surface area contributed by atoms with Crippen LogP contribution in [0.1, 0.15) is 18.4 Å². The van der Waals surface area contributed by atoms with Gasteiger partial charge in [-0.1, -0.05) is 6.07 Å². The molecule has 3 heterocycles. The van der Waals surface area contributed by atoms with Gasteiger partial charge in [-0.25, -0.2) is 4.79 Å². The molecule has 1 fully saturated rings. The normalized spacial score (nSPS) is 17.2. The number of piperidine rings is 1. The molecule has 1 aromatic carbocycles. The van der Waals surface area contributed by atoms with Gasteiger partial charge in [-0.15, -0.1) is 10.2 Å². The highest BCUT2D eigenvalue weighted by molar-refractivity contribution is 5.80. The van der Waals surface area contributed by atoms with Crippen molar-refractivity contribution in [2.24, 2.45) is 0 Å². The van der Waals surface area contributed by atoms with E-state index < -0.39 is 6.09 Å². The summed E-state index contributed by atoms with van der Waals surface area (Å²) in [6.45, 7) is 2.84. The molecule has 0 spiro atoms. The van der Waals surface area contributed by atoms with Crippen LogP contribution in [0.2, 0.25) is 0 Å². The molecule has 0 aliphatic carbocycles. The molecular weight excluding hydrogens is 348 g/mol. The number of fused-ring (bicyclic) bond motifs is 1. The zero-order valence-corrected chi connectivity index (χ0v) is 14.8. The summed E-state index contributed by atoms with van der Waals surface area (Å²) >= 11 is 0. The van der Waals surface area contributed by atoms with E-state index in [1.807, 2.05) is 13.0 Å². The van der Waals surface area contributed by atoms with Crippen LogP contribution in [0.15, 0.2) is 30.5 Å². The topological polar surface area (TPSA) is 116 Å². The first-order valence-electron chi connectivity index (χ1n) is 8.78. The zero-order valence-electron chi connectivity index (χ0n) is 14.8. The first-order valence-corrected chi connectivity index (χ1v) is 8.78. The second kappa shape index (κ2) is 6.75. The van der Waals surface area contributed by atoms with Crippen LogP contribution in [0.3, 0.4) is 0 Å². The van der Waals surface area contributed by atoms with E-state index >= 15 is 0 Å². The summed E-state index contributed by atoms with van der Waals surface area (Å²) in [4.78, 5) is 12.6. The van der Waals surface area contributed by atoms with E-state index in [1.165, 1.54) is 4.90 Å². The Labute approximate surface area is 155 Å². The summed E-state index contributed by atoms with van der Waals surface area (Å²) in [5.74, 6) is 0.583. The van der Waals surface area contributed by atoms with Crippen LogP contribution in [0.25, 0.3) is 16.8 Å². The molecule has 0 saturated carbocycles. The molecule has 4 rings (SSSR count). The molecule has 1 amide bonds. The van der Waals surface area contributed by atoms with Crippen LogP contribution in [0.5, 0.6) is 5.75 Å². The average molecular weight is 368 g/mol. The fourth-order valence-electron chi connectivity index (χ4n) is 3.42. The zero-order chi connectivity index (χ0) is 19.0. The van der Waals surface area contributed by atoms with E-state index in [2.05, 4.69) is 20.6 Å². The Bertz CT molecular complexity index is 1000. The molecule has 1 atom stereocenters. The SMILES string of the molecule is Cc1ccc(-c2nnc(NC3CCCN(C(=O)O)C3)n3nccc23)c(O)c1. The van der Waals surface area contributed by atoms with Crippen molar-refractivity contribution in [2.75, 3.05) is 18.4 Å². The van der Waals surface area contributed by atoms with Crippen LogP contribution in [-0.2, 0) is 0 Å². The van der Waals surface area contributed by atoms with Crippen LogP contribution in [0, 0.1) is 6.92 Å². The van der Waals surface area contributed by atoms with Gasteiger partial charge in [0.05, 0.1) is 11.7 Å². The first-order chi connectivity index (χ1) is 13.0. The second-order valence-electron chi connectivity index (χ2n) is 6.73. The van der Waals surface area contributed by atoms with Gasteiger partial charge >= 0.3 is 6.09 Å². The standard InChI is InChI=1S/C18H20N6O3/c1-11-4-5-13(15(25)9-11)16-14-6-7-19-24(14)17(22-21-16)20-12-3-2-8-23(10-12)18(26)27/h4-7,9,12,25H,2-3,8,10H2,1H3,(H,20,22)(H,26,27). The summed E-state index contributed by atoms with van der Waals surface area (Å²) in [7, 11) is 0. The summed E-state index contributed by atoms with van der Waals surface area (Å²) < 4.78 is 1.63. The molecular formula is C18H20N6O3. The number of hydrogen-bond donors (Lipinski definition) is 3. The molecule has 0 radical (unpaired) electrons. The van der Waals surface area contributed by atoms with Gasteiger partial charge in [0.2, 0.25) is 5.95 Å². The Morgan fingerprint density at radius 3 is 2.93 bits per heavy atom. The number of carbonyl (C=O) groups is 1. The van der Waals surface area contributed by atoms with Crippen molar-refractivity contribution >= 4 is 17.6 Å². The molecule has 1 aliphatic rings. The number of rotatable bonds is 3. The van der Waals surface area contributed by atoms with E-state index in [-0.39, 0.29) is 11.8 Å². The molecule has 9 heteroatoms. The first kappa shape index (κ1) is 17.1. The van der Waals surface area contributed by atoms with E-state index in [4.69, 9.17) is 0 Å². The predicted octanol–water partition coefficient (Wildman–Crippen LogP) is 2.36. The van der Waals surface area contributed by atoms with Crippen molar-refractivity contribution in [1.82, 2.24) is 24.7 Å². The lowest BCUT2D eigenvalue weighted by atomic mass is 10.1. The Hall–Kier alpha value is -3.36. The Kier molecular flexibility index (Phi) is 4.27. The number of amides is 1. The van der Waals surface area contributed by atoms with Crippen LogP contribution in [-0.4, -0.2) is 60.1 Å². The number of aromatic nitrogens is 4. The molecule has 2 aromatic heterocycles. The minimum Gasteiger partial charge on any atom is -0.507 e. The molecule has 140 valence electrons. The monoisotopic (exact) mass is 368 g/mol. The maximum Gasteiger partial charge on any atom is 0.407 e. The maximum absolute atomic E-state index is 11.2. The predicted molar refractivity (Wildman–Crippen MR) is 98.9 cm³/mol. The van der Waals surface area contributed by atoms with Crippen molar-refractivity contribution in [3.05, 3.63) is 36.0 Å². The molecule has 1 unspecified atom stereocenters. The van der Waals surface area contributed by atoms with Gasteiger partial charge < -0.3 is 20.4 Å². The molecule has 1 aliphatic heterocycles. The van der Waals surface area contributed by atoms with E-state index in [9.17, 15) is 15.0 Å². The van der Waals surface area contributed by atoms with Crippen LogP contribution >= 0.6 is 0 Å². The average Bonchev–Trinajstić information content (AvgIpc) is 3.13. The van der Waals surface area contributed by atoms with Crippen LogP contribution < -0.4 is 5.32 Å². The number of phenolic OH excluding ortho intramolecular Hbond substituents is 1. The second-order valence-corrected chi connectivity index (χ2v) is 6.73. The van der Waals surface area contributed by atoms with E-state index in [0.29, 0.717) is 35.8 Å². The summed E-state index contributed by atoms with van der Waals surface area (Å²) in [5.41, 5.74) is 2.77. The number of nitrogens with zero attached hydrogens (tertiary/aromatic N) is 5. The third kappa shape index (κ3) is 3.23. The number of anilines is 1. The highest BCUT2D eigenvalue weighted by Crippen LogP contribution is 2.31. The van der Waals surface area contributed by atoms with Crippen molar-refractivity contribution < 1.29 is 15.0 Å². The maximum atomic E-state index is 11.2. The lowest BCUT2D eigenvalue weighted by Crippen LogP contribution is -2.44. The van der Waals surface area contributed by atoms with E-state index in [1.54, 1.807) is 28.9 Å². The molecule has 3 aromatic rings. The number of aromatic hydroxyl groups is 1. The third-order valence-corrected chi connectivity index (χ3v) is 4.76. The fraction of sp³-hybridized carbons (Fsp3) is 0.333. The van der Waals surface area contributed by atoms with Gasteiger partial charge in [0.15, 0.2) is 0 Å². The molecule has 27 heavy (non-hydrogen) atoms. The number of aryl methyl sites for hydroxylation is 1. The molecule has 1 saturated heterocycles. The highest BCUT2D eigenvalue weighted by Gasteiger charge is 2.24. The molecule has 9 nitrogen and oxygen atoms in total. The minimum atomic E-state index is -0.915. The molecule has 0 bridgehead atoms. The van der Waals surface area contributed by atoms with Crippen molar-refractivity contribution in [3.8, 4) is 17.0 Å². The van der Waals surface area contributed by atoms with Crippen LogP contribution in [0.4, 0.5) is 10.7 Å². The fourth-order valence-corrected chi connectivity index (χ4v) is 3.42. The van der Waals surface area contributed by atoms with Crippen molar-refractivity contribution in [2.45, 2.75) is 25.8 Å². The number of hydrogen-bond acceptors (Lipinski definition) is 6. The largest absolute Gasteiger partial charge is 0.507 e. The van der Waals surface area contributed by atoms with Crippen molar-refractivity contribution in [1.29, 1.82) is 0 Å². The van der Waals surface area contributed by atoms with Gasteiger partial charge in [0, 0.05) is 24.7 Å². The number of nitrogens with one attached hydrogen (secondary N) is 1. The third-order valence-electron chi connectivity index (χ3n) is 4.76. The Morgan fingerprint density at radius 1 is 1.30 bits per heavy atom. The summed E-state index contributed by atoms with van der Waals surface area (Å²) in [5, 5.41) is 35.6. The number of phenols is 1. The summed E-state index contributed by atoms with van der Waals surface area (Å²) in [6, 6.07) is 7.13. The van der Waals surface area contributed by atoms with Gasteiger partial charge in [-0.05, 0) is 43.5 Å². The Balaban J connectivity index is 1.66. The van der Waals surface area contributed by atoms with Gasteiger partial charge in [0.25, 0.3) is 0 Å². The lowest BCUT2D eigenvalue weighted by molar-refractivity contribution is 0.132. The quantitative estimate of drug-likeness (QED) is 0.650. The highest BCUT2D eigenvalue weighted by atomic mass is 16.4. The lowest BCUT2D eigenvalue weighted by Gasteiger charge is -2.31. The number of likely N-dealkylation sites (tertiary alicyclic amines) is 1.